The predicted octanol–water partition coefficient (Wildman–Crippen LogP) is 9.19. The zero-order valence-electron chi connectivity index (χ0n) is 47.1. The molecule has 0 unspecified atom stereocenters. The molecule has 4 aromatic carbocycles. The lowest BCUT2D eigenvalue weighted by Crippen LogP contribution is -2.57. The Labute approximate surface area is 481 Å². The number of nitrogens with zero attached hydrogens (tertiary/aromatic N) is 4. The fourth-order valence-corrected chi connectivity index (χ4v) is 11.3. The number of hydrogen-bond donors (Lipinski definition) is 5. The molecule has 82 heavy (non-hydrogen) atoms. The van der Waals surface area contributed by atoms with Crippen molar-refractivity contribution in [1.29, 1.82) is 0 Å². The summed E-state index contributed by atoms with van der Waals surface area (Å²) in [4.78, 5) is 80.8. The Balaban J connectivity index is 0.657. The number of aliphatic hydroxyl groups excluding tert-OH is 1. The minimum Gasteiger partial charge on any atom is -0.495 e. The highest BCUT2D eigenvalue weighted by Gasteiger charge is 2.56. The van der Waals surface area contributed by atoms with Gasteiger partial charge in [0.25, 0.3) is 0 Å². The topological polar surface area (TPSA) is 223 Å². The number of thiazole rings is 1. The second kappa shape index (κ2) is 26.6. The summed E-state index contributed by atoms with van der Waals surface area (Å²) in [5, 5.41) is 22.8. The molecule has 6 aromatic rings. The van der Waals surface area contributed by atoms with E-state index in [4.69, 9.17) is 18.9 Å². The number of hydrogen-bond acceptors (Lipinski definition) is 14. The number of β-amino-alcohol motifs (C(OH)–C–C–N with tert-alkyl or cyclic N) is 1. The van der Waals surface area contributed by atoms with Gasteiger partial charge in [0, 0.05) is 68.6 Å². The Morgan fingerprint density at radius 2 is 1.51 bits per heavy atom. The fourth-order valence-electron chi connectivity index (χ4n) is 10.5. The van der Waals surface area contributed by atoms with Crippen molar-refractivity contribution >= 4 is 68.8 Å². The molecule has 1 aliphatic carbocycles. The lowest BCUT2D eigenvalue weighted by Gasteiger charge is -2.35. The lowest BCUT2D eigenvalue weighted by atomic mass is 9.85. The van der Waals surface area contributed by atoms with Crippen molar-refractivity contribution in [3.63, 3.8) is 0 Å². The Morgan fingerprint density at radius 1 is 0.841 bits per heavy atom. The highest BCUT2D eigenvalue weighted by atomic mass is 32.1. The second-order valence-electron chi connectivity index (χ2n) is 22.5. The number of anilines is 3. The van der Waals surface area contributed by atoms with Crippen LogP contribution in [0.4, 0.5) is 21.5 Å². The molecular formula is C62H73FN8O10S. The third-order valence-electron chi connectivity index (χ3n) is 15.5. The van der Waals surface area contributed by atoms with E-state index in [2.05, 4.69) is 36.1 Å². The predicted molar refractivity (Wildman–Crippen MR) is 312 cm³/mol. The Kier molecular flexibility index (Phi) is 19.2. The minimum absolute atomic E-state index is 0.00562. The molecule has 9 rings (SSSR count). The first kappa shape index (κ1) is 59.1. The summed E-state index contributed by atoms with van der Waals surface area (Å²) in [6.45, 7) is 11.0. The first-order valence-corrected chi connectivity index (χ1v) is 28.9. The number of aliphatic hydroxyl groups is 1. The molecule has 3 aliphatic rings. The number of amides is 5. The van der Waals surface area contributed by atoms with Crippen LogP contribution in [0.3, 0.4) is 0 Å². The molecule has 3 atom stereocenters. The summed E-state index contributed by atoms with van der Waals surface area (Å²) in [7, 11) is 1.66. The summed E-state index contributed by atoms with van der Waals surface area (Å²) in [6.07, 6.45) is 5.81. The molecule has 20 heteroatoms. The van der Waals surface area contributed by atoms with Crippen LogP contribution >= 0.6 is 11.3 Å². The number of likely N-dealkylation sites (tertiary alicyclic amines) is 1. The molecule has 3 fully saturated rings. The fraction of sp³-hybridized carbons (Fsp3) is 0.435. The summed E-state index contributed by atoms with van der Waals surface area (Å²) >= 11 is 1.57. The monoisotopic (exact) mass is 1140 g/mol. The van der Waals surface area contributed by atoms with E-state index >= 15 is 0 Å². The van der Waals surface area contributed by atoms with Gasteiger partial charge in [-0.2, -0.15) is 0 Å². The van der Waals surface area contributed by atoms with E-state index in [1.165, 1.54) is 29.2 Å². The summed E-state index contributed by atoms with van der Waals surface area (Å²) in [6, 6.07) is 24.2. The Bertz CT molecular complexity index is 3200. The van der Waals surface area contributed by atoms with Gasteiger partial charge < -0.3 is 55.1 Å². The van der Waals surface area contributed by atoms with Crippen molar-refractivity contribution < 1.29 is 52.4 Å². The van der Waals surface area contributed by atoms with E-state index in [1.807, 2.05) is 69.6 Å². The number of halogens is 1. The number of ether oxygens (including phenoxy) is 4. The van der Waals surface area contributed by atoms with Crippen LogP contribution in [-0.2, 0) is 40.0 Å². The SMILES string of the molecule is COc1cc2c(Oc3ccc(NC(=O)C4(C(=O)Nc5ccc(F)cc5)CC4)cc3)ccnc2cc1N1CCC(CCCOCCOCCC(=O)N[C@H](C(=O)N2C[C@H](O)C[C@H]2C(=O)NCc2ccc(-c3scnc3C)cc2)C(C)(C)C)CC1. The number of fused-ring (bicyclic) bond motifs is 1. The Morgan fingerprint density at radius 3 is 2.15 bits per heavy atom. The van der Waals surface area contributed by atoms with Crippen LogP contribution in [-0.4, -0.2) is 121 Å². The van der Waals surface area contributed by atoms with Crippen LogP contribution < -0.4 is 35.6 Å². The summed E-state index contributed by atoms with van der Waals surface area (Å²) in [5.41, 5.74) is 5.53. The van der Waals surface area contributed by atoms with Crippen LogP contribution in [0.25, 0.3) is 21.3 Å². The largest absolute Gasteiger partial charge is 0.495 e. The molecule has 0 spiro atoms. The van der Waals surface area contributed by atoms with Crippen molar-refractivity contribution in [2.45, 2.75) is 104 Å². The maximum absolute atomic E-state index is 14.0. The molecule has 5 amide bonds. The molecule has 0 bridgehead atoms. The van der Waals surface area contributed by atoms with Gasteiger partial charge >= 0.3 is 0 Å². The number of aryl methyl sites for hydroxylation is 1. The molecule has 5 N–H and O–H groups in total. The third kappa shape index (κ3) is 14.7. The van der Waals surface area contributed by atoms with Crippen LogP contribution in [0.1, 0.15) is 83.4 Å². The van der Waals surface area contributed by atoms with E-state index in [0.29, 0.717) is 67.2 Å². The molecule has 1 saturated carbocycles. The summed E-state index contributed by atoms with van der Waals surface area (Å²) in [5.74, 6) is 0.0321. The summed E-state index contributed by atoms with van der Waals surface area (Å²) < 4.78 is 37.2. The van der Waals surface area contributed by atoms with Gasteiger partial charge in [0.15, 0.2) is 0 Å². The average Bonchev–Trinajstić information content (AvgIpc) is 3.81. The van der Waals surface area contributed by atoms with Gasteiger partial charge in [-0.05, 0) is 135 Å². The zero-order valence-corrected chi connectivity index (χ0v) is 48.0. The van der Waals surface area contributed by atoms with Crippen LogP contribution in [0.15, 0.2) is 103 Å². The second-order valence-corrected chi connectivity index (χ2v) is 23.3. The first-order valence-electron chi connectivity index (χ1n) is 28.1. The van der Waals surface area contributed by atoms with Crippen molar-refractivity contribution in [3.05, 3.63) is 120 Å². The van der Waals surface area contributed by atoms with Gasteiger partial charge in [-0.15, -0.1) is 11.3 Å². The zero-order chi connectivity index (χ0) is 58.0. The van der Waals surface area contributed by atoms with Gasteiger partial charge in [0.05, 0.1) is 60.3 Å². The first-order chi connectivity index (χ1) is 39.5. The van der Waals surface area contributed by atoms with Gasteiger partial charge in [-0.25, -0.2) is 9.37 Å². The van der Waals surface area contributed by atoms with Crippen LogP contribution in [0.5, 0.6) is 17.2 Å². The maximum atomic E-state index is 14.0. The number of methoxy groups -OCH3 is 1. The number of pyridine rings is 1. The third-order valence-corrected chi connectivity index (χ3v) is 16.5. The number of carbonyl (C=O) groups excluding carboxylic acids is 5. The molecule has 2 aliphatic heterocycles. The smallest absolute Gasteiger partial charge is 0.246 e. The average molecular weight is 1140 g/mol. The van der Waals surface area contributed by atoms with Crippen molar-refractivity contribution in [3.8, 4) is 27.7 Å². The molecule has 4 heterocycles. The highest BCUT2D eigenvalue weighted by Crippen LogP contribution is 2.48. The lowest BCUT2D eigenvalue weighted by molar-refractivity contribution is -0.144. The standard InChI is InChI=1S/C62H73FN8O10S/c1-39-55(82-38-66-39)42-10-8-41(9-11-42)36-65-57(74)51-33-46(72)37-71(51)58(75)56(61(2,3)4)69-54(73)23-30-80-32-31-79-29-6-7-40-21-27-70(28-22-40)50-35-49-48(34-53(50)78-5)52(20-26-64-49)81-47-18-16-45(17-19-47)68-60(77)62(24-25-62)59(76)67-44-14-12-43(63)13-15-44/h8-20,26,34-35,38,40,46,51,56,72H,6-7,21-25,27-33,36-37H2,1-5H3,(H,65,74)(H,67,76)(H,68,77)(H,69,73)/t46-,51+,56-/m1/s1. The molecule has 18 nitrogen and oxygen atoms in total. The quantitative estimate of drug-likeness (QED) is 0.0282. The molecule has 2 saturated heterocycles. The van der Waals surface area contributed by atoms with Crippen molar-refractivity contribution in [1.82, 2.24) is 25.5 Å². The number of carbonyl (C=O) groups is 5. The normalized spacial score (nSPS) is 17.3. The molecular weight excluding hydrogens is 1070 g/mol. The number of rotatable bonds is 24. The maximum Gasteiger partial charge on any atom is 0.246 e. The number of benzene rings is 4. The molecule has 0 radical (unpaired) electrons. The van der Waals surface area contributed by atoms with Gasteiger partial charge in [-0.1, -0.05) is 45.0 Å². The van der Waals surface area contributed by atoms with Gasteiger partial charge in [-0.3, -0.25) is 29.0 Å². The van der Waals surface area contributed by atoms with Gasteiger partial charge in [0.2, 0.25) is 29.5 Å². The number of aromatic nitrogens is 2. The van der Waals surface area contributed by atoms with E-state index in [-0.39, 0.29) is 44.4 Å². The van der Waals surface area contributed by atoms with Crippen molar-refractivity contribution in [2.75, 3.05) is 68.7 Å². The van der Waals surface area contributed by atoms with E-state index in [9.17, 15) is 33.5 Å². The van der Waals surface area contributed by atoms with E-state index in [0.717, 1.165) is 77.1 Å². The van der Waals surface area contributed by atoms with Crippen LogP contribution in [0, 0.1) is 29.5 Å². The molecule has 434 valence electrons. The Hall–Kier alpha value is -7.52. The highest BCUT2D eigenvalue weighted by molar-refractivity contribution is 7.13. The van der Waals surface area contributed by atoms with Crippen molar-refractivity contribution in [2.24, 2.45) is 16.7 Å². The van der Waals surface area contributed by atoms with Crippen LogP contribution in [0.2, 0.25) is 0 Å². The van der Waals surface area contributed by atoms with Gasteiger partial charge in [0.1, 0.15) is 40.6 Å². The van der Waals surface area contributed by atoms with E-state index in [1.54, 1.807) is 55.0 Å². The number of nitrogens with one attached hydrogen (secondary N) is 4. The molecule has 2 aromatic heterocycles. The van der Waals surface area contributed by atoms with E-state index < -0.39 is 52.6 Å². The number of piperidine rings is 1. The minimum atomic E-state index is -1.18.